The minimum Gasteiger partial charge on any atom is -0.457 e. The third kappa shape index (κ3) is 5.57. The van der Waals surface area contributed by atoms with E-state index in [1.54, 1.807) is 0 Å². The van der Waals surface area contributed by atoms with Gasteiger partial charge >= 0.3 is 0 Å². The SMILES string of the molecule is c1ccc(-c2cccc(-c3ccccc3)c2N2CN(c3cccc(Oc4ccc5c6ccncc6n(-c6ccccn6)c5c4)c3)c3ccc4ccccc4c32)cc1. The van der Waals surface area contributed by atoms with E-state index in [1.807, 2.05) is 48.9 Å². The number of anilines is 4. The van der Waals surface area contributed by atoms with Crippen molar-refractivity contribution >= 4 is 55.3 Å². The summed E-state index contributed by atoms with van der Waals surface area (Å²) in [5.74, 6) is 2.33. The number of hydrogen-bond donors (Lipinski definition) is 0. The van der Waals surface area contributed by atoms with Crippen LogP contribution in [0, 0.1) is 0 Å². The van der Waals surface area contributed by atoms with Gasteiger partial charge in [-0.05, 0) is 65.0 Å². The van der Waals surface area contributed by atoms with Crippen LogP contribution in [0.25, 0.3) is 60.6 Å². The molecule has 0 bridgehead atoms. The van der Waals surface area contributed by atoms with E-state index in [9.17, 15) is 0 Å². The summed E-state index contributed by atoms with van der Waals surface area (Å²) in [6, 6.07) is 64.0. The molecule has 6 heteroatoms. The number of aromatic nitrogens is 3. The molecule has 0 unspecified atom stereocenters. The number of ether oxygens (including phenoxy) is 1. The van der Waals surface area contributed by atoms with Gasteiger partial charge in [0.2, 0.25) is 0 Å². The van der Waals surface area contributed by atoms with Gasteiger partial charge in [-0.15, -0.1) is 0 Å². The summed E-state index contributed by atoms with van der Waals surface area (Å²) >= 11 is 0. The molecule has 57 heavy (non-hydrogen) atoms. The van der Waals surface area contributed by atoms with Gasteiger partial charge in [0.1, 0.15) is 24.0 Å². The highest BCUT2D eigenvalue weighted by Crippen LogP contribution is 2.53. The molecule has 3 aromatic heterocycles. The average Bonchev–Trinajstić information content (AvgIpc) is 3.83. The van der Waals surface area contributed by atoms with Crippen LogP contribution >= 0.6 is 0 Å². The average molecular weight is 734 g/mol. The van der Waals surface area contributed by atoms with Crippen molar-refractivity contribution in [1.82, 2.24) is 14.5 Å². The molecule has 11 rings (SSSR count). The summed E-state index contributed by atoms with van der Waals surface area (Å²) in [5, 5.41) is 4.64. The van der Waals surface area contributed by atoms with E-state index in [0.717, 1.165) is 50.5 Å². The lowest BCUT2D eigenvalue weighted by Crippen LogP contribution is -2.25. The van der Waals surface area contributed by atoms with Gasteiger partial charge < -0.3 is 14.5 Å². The van der Waals surface area contributed by atoms with Crippen molar-refractivity contribution in [1.29, 1.82) is 0 Å². The first-order valence-corrected chi connectivity index (χ1v) is 19.2. The molecule has 1 aliphatic rings. The van der Waals surface area contributed by atoms with E-state index in [1.165, 1.54) is 44.4 Å². The lowest BCUT2D eigenvalue weighted by atomic mass is 9.94. The highest BCUT2D eigenvalue weighted by Gasteiger charge is 2.33. The first-order valence-electron chi connectivity index (χ1n) is 19.2. The van der Waals surface area contributed by atoms with Gasteiger partial charge in [-0.1, -0.05) is 121 Å². The molecule has 0 N–H and O–H groups in total. The van der Waals surface area contributed by atoms with Gasteiger partial charge in [0.15, 0.2) is 0 Å². The monoisotopic (exact) mass is 733 g/mol. The van der Waals surface area contributed by atoms with E-state index < -0.39 is 0 Å². The number of nitrogens with zero attached hydrogens (tertiary/aromatic N) is 5. The quantitative estimate of drug-likeness (QED) is 0.163. The van der Waals surface area contributed by atoms with Crippen LogP contribution < -0.4 is 14.5 Å². The fourth-order valence-electron chi connectivity index (χ4n) is 8.47. The molecule has 0 saturated carbocycles. The van der Waals surface area contributed by atoms with Crippen molar-refractivity contribution in [2.45, 2.75) is 0 Å². The maximum absolute atomic E-state index is 6.71. The number of para-hydroxylation sites is 1. The second-order valence-electron chi connectivity index (χ2n) is 14.3. The molecule has 10 aromatic rings. The molecule has 0 radical (unpaired) electrons. The lowest BCUT2D eigenvalue weighted by molar-refractivity contribution is 0.483. The summed E-state index contributed by atoms with van der Waals surface area (Å²) in [6.45, 7) is 0.612. The number of rotatable bonds is 7. The van der Waals surface area contributed by atoms with Gasteiger partial charge in [0.25, 0.3) is 0 Å². The molecule has 4 heterocycles. The number of benzene rings is 7. The maximum Gasteiger partial charge on any atom is 0.137 e. The summed E-state index contributed by atoms with van der Waals surface area (Å²) in [6.07, 6.45) is 5.55. The Hall–Kier alpha value is -7.70. The molecule has 0 spiro atoms. The van der Waals surface area contributed by atoms with Crippen molar-refractivity contribution in [3.63, 3.8) is 0 Å². The number of hydrogen-bond acceptors (Lipinski definition) is 5. The molecule has 1 aliphatic heterocycles. The predicted octanol–water partition coefficient (Wildman–Crippen LogP) is 13.1. The highest BCUT2D eigenvalue weighted by atomic mass is 16.5. The van der Waals surface area contributed by atoms with Crippen LogP contribution in [0.15, 0.2) is 201 Å². The maximum atomic E-state index is 6.71. The summed E-state index contributed by atoms with van der Waals surface area (Å²) in [4.78, 5) is 14.0. The molecule has 7 aromatic carbocycles. The second kappa shape index (κ2) is 13.6. The van der Waals surface area contributed by atoms with Crippen LogP contribution in [0.1, 0.15) is 0 Å². The minimum atomic E-state index is 0.612. The summed E-state index contributed by atoms with van der Waals surface area (Å²) < 4.78 is 8.86. The van der Waals surface area contributed by atoms with Crippen LogP contribution in [0.5, 0.6) is 11.5 Å². The van der Waals surface area contributed by atoms with E-state index in [-0.39, 0.29) is 0 Å². The largest absolute Gasteiger partial charge is 0.457 e. The first-order chi connectivity index (χ1) is 28.3. The second-order valence-corrected chi connectivity index (χ2v) is 14.3. The number of pyridine rings is 2. The molecule has 6 nitrogen and oxygen atoms in total. The van der Waals surface area contributed by atoms with Crippen molar-refractivity contribution in [2.24, 2.45) is 0 Å². The Balaban J connectivity index is 1.03. The van der Waals surface area contributed by atoms with Crippen LogP contribution in [0.3, 0.4) is 0 Å². The van der Waals surface area contributed by atoms with Crippen LogP contribution in [0.2, 0.25) is 0 Å². The molecular weight excluding hydrogens is 699 g/mol. The van der Waals surface area contributed by atoms with Gasteiger partial charge in [-0.3, -0.25) is 9.55 Å². The fraction of sp³-hybridized carbons (Fsp3) is 0.0196. The topological polar surface area (TPSA) is 46.4 Å². The zero-order chi connectivity index (χ0) is 37.7. The zero-order valence-corrected chi connectivity index (χ0v) is 30.9. The normalized spacial score (nSPS) is 12.4. The molecular formula is C51H35N5O. The Labute approximate surface area is 330 Å². The van der Waals surface area contributed by atoms with Gasteiger partial charge in [-0.2, -0.15) is 0 Å². The number of fused-ring (bicyclic) bond motifs is 6. The molecule has 0 atom stereocenters. The van der Waals surface area contributed by atoms with Crippen molar-refractivity contribution in [3.8, 4) is 39.6 Å². The van der Waals surface area contributed by atoms with Crippen molar-refractivity contribution < 1.29 is 4.74 Å². The highest BCUT2D eigenvalue weighted by molar-refractivity contribution is 6.10. The Morgan fingerprint density at radius 3 is 1.98 bits per heavy atom. The van der Waals surface area contributed by atoms with Gasteiger partial charge in [-0.25, -0.2) is 4.98 Å². The third-order valence-electron chi connectivity index (χ3n) is 11.0. The summed E-state index contributed by atoms with van der Waals surface area (Å²) in [7, 11) is 0. The standard InChI is InChI=1S/C51H35N5O/c1-3-13-35(14-4-1)41-21-12-22-42(36-15-5-2-6-16-36)50(41)55-34-54(46-27-24-37-17-7-8-20-43(37)51(46)55)38-18-11-19-39(31-38)57-40-25-26-44-45-28-30-52-33-48(45)56(47(44)32-40)49-23-9-10-29-53-49/h1-33H,34H2. The van der Waals surface area contributed by atoms with Crippen LogP contribution in [0.4, 0.5) is 22.7 Å². The smallest absolute Gasteiger partial charge is 0.137 e. The molecule has 0 amide bonds. The Bertz CT molecular complexity index is 3030. The van der Waals surface area contributed by atoms with E-state index in [0.29, 0.717) is 6.67 Å². The molecule has 0 fully saturated rings. The predicted molar refractivity (Wildman–Crippen MR) is 233 cm³/mol. The summed E-state index contributed by atoms with van der Waals surface area (Å²) in [5.41, 5.74) is 11.3. The van der Waals surface area contributed by atoms with Crippen LogP contribution in [-0.2, 0) is 0 Å². The van der Waals surface area contributed by atoms with Gasteiger partial charge in [0.05, 0.1) is 34.3 Å². The zero-order valence-electron chi connectivity index (χ0n) is 30.9. The first kappa shape index (κ1) is 32.7. The molecule has 0 saturated heterocycles. The Morgan fingerprint density at radius 2 is 1.19 bits per heavy atom. The van der Waals surface area contributed by atoms with E-state index in [4.69, 9.17) is 4.74 Å². The molecule has 270 valence electrons. The van der Waals surface area contributed by atoms with E-state index in [2.05, 4.69) is 176 Å². The Kier molecular flexibility index (Phi) is 7.78. The lowest BCUT2D eigenvalue weighted by Gasteiger charge is -2.27. The minimum absolute atomic E-state index is 0.612. The van der Waals surface area contributed by atoms with Crippen molar-refractivity contribution in [3.05, 3.63) is 201 Å². The molecule has 0 aliphatic carbocycles. The Morgan fingerprint density at radius 1 is 0.474 bits per heavy atom. The third-order valence-corrected chi connectivity index (χ3v) is 11.0. The fourth-order valence-corrected chi connectivity index (χ4v) is 8.47. The van der Waals surface area contributed by atoms with E-state index >= 15 is 0 Å². The van der Waals surface area contributed by atoms with Gasteiger partial charge in [0, 0.05) is 57.5 Å². The van der Waals surface area contributed by atoms with Crippen molar-refractivity contribution in [2.75, 3.05) is 16.5 Å². The van der Waals surface area contributed by atoms with Crippen LogP contribution in [-0.4, -0.2) is 21.2 Å².